The van der Waals surface area contributed by atoms with E-state index >= 15 is 0 Å². The molecule has 0 spiro atoms. The minimum atomic E-state index is -0.621. The molecule has 0 heterocycles. The van der Waals surface area contributed by atoms with E-state index in [9.17, 15) is 9.59 Å². The Morgan fingerprint density at radius 1 is 1.37 bits per heavy atom. The van der Waals surface area contributed by atoms with E-state index < -0.39 is 18.0 Å². The van der Waals surface area contributed by atoms with E-state index in [1.54, 1.807) is 25.1 Å². The van der Waals surface area contributed by atoms with Crippen molar-refractivity contribution in [2.45, 2.75) is 13.0 Å². The molecule has 0 aliphatic heterocycles. The zero-order valence-corrected chi connectivity index (χ0v) is 11.7. The maximum Gasteiger partial charge on any atom is 0.321 e. The molecule has 1 rings (SSSR count). The minimum Gasteiger partial charge on any atom is -0.495 e. The fourth-order valence-corrected chi connectivity index (χ4v) is 1.55. The first-order chi connectivity index (χ1) is 8.97. The highest BCUT2D eigenvalue weighted by Crippen LogP contribution is 2.28. The summed E-state index contributed by atoms with van der Waals surface area (Å²) in [6, 6.07) is 3.83. The number of imide groups is 1. The van der Waals surface area contributed by atoms with Gasteiger partial charge in [0.25, 0.3) is 0 Å². The molecule has 1 atom stereocenters. The third-order valence-electron chi connectivity index (χ3n) is 2.39. The fourth-order valence-electron chi connectivity index (χ4n) is 1.37. The van der Waals surface area contributed by atoms with Crippen LogP contribution in [-0.4, -0.2) is 32.1 Å². The molecule has 3 N–H and O–H groups in total. The molecule has 0 aliphatic carbocycles. The monoisotopic (exact) mass is 285 g/mol. The number of ether oxygens (including phenoxy) is 1. The van der Waals surface area contributed by atoms with Gasteiger partial charge in [0, 0.05) is 12.1 Å². The first-order valence-corrected chi connectivity index (χ1v) is 5.98. The van der Waals surface area contributed by atoms with Crippen LogP contribution in [0.15, 0.2) is 18.2 Å². The summed E-state index contributed by atoms with van der Waals surface area (Å²) in [4.78, 5) is 22.7. The van der Waals surface area contributed by atoms with E-state index in [0.29, 0.717) is 16.5 Å². The fraction of sp³-hybridized carbons (Fsp3) is 0.333. The Bertz CT molecular complexity index is 479. The van der Waals surface area contributed by atoms with Crippen molar-refractivity contribution in [2.24, 2.45) is 0 Å². The molecule has 0 fully saturated rings. The van der Waals surface area contributed by atoms with Gasteiger partial charge in [-0.05, 0) is 25.1 Å². The molecule has 3 amide bonds. The van der Waals surface area contributed by atoms with Crippen molar-refractivity contribution in [3.63, 3.8) is 0 Å². The summed E-state index contributed by atoms with van der Waals surface area (Å²) in [5.41, 5.74) is 0.578. The molecule has 1 aromatic carbocycles. The van der Waals surface area contributed by atoms with Gasteiger partial charge in [-0.1, -0.05) is 11.6 Å². The third kappa shape index (κ3) is 4.33. The molecule has 0 aliphatic rings. The maximum atomic E-state index is 11.7. The quantitative estimate of drug-likeness (QED) is 0.785. The summed E-state index contributed by atoms with van der Waals surface area (Å²) in [5.74, 6) is 0.102. The first kappa shape index (κ1) is 15.1. The van der Waals surface area contributed by atoms with Gasteiger partial charge in [0.15, 0.2) is 0 Å². The molecular formula is C12H16ClN3O3. The summed E-state index contributed by atoms with van der Waals surface area (Å²) in [5, 5.41) is 7.92. The van der Waals surface area contributed by atoms with Crippen molar-refractivity contribution >= 4 is 29.2 Å². The average Bonchev–Trinajstić information content (AvgIpc) is 2.38. The lowest BCUT2D eigenvalue weighted by Gasteiger charge is -2.17. The second kappa shape index (κ2) is 6.84. The van der Waals surface area contributed by atoms with Crippen LogP contribution in [0.2, 0.25) is 5.02 Å². The topological polar surface area (TPSA) is 79.5 Å². The Morgan fingerprint density at radius 3 is 2.63 bits per heavy atom. The first-order valence-electron chi connectivity index (χ1n) is 5.60. The maximum absolute atomic E-state index is 11.7. The van der Waals surface area contributed by atoms with E-state index in [1.807, 2.05) is 0 Å². The summed E-state index contributed by atoms with van der Waals surface area (Å²) >= 11 is 5.88. The summed E-state index contributed by atoms with van der Waals surface area (Å²) in [6.45, 7) is 1.62. The second-order valence-corrected chi connectivity index (χ2v) is 4.22. The number of anilines is 1. The van der Waals surface area contributed by atoms with Crippen LogP contribution in [0, 0.1) is 0 Å². The van der Waals surface area contributed by atoms with Crippen molar-refractivity contribution in [2.75, 3.05) is 19.5 Å². The standard InChI is InChI=1S/C12H16ClN3O3/c1-7(11(17)16-12(18)14-2)15-9-6-8(13)4-5-10(9)19-3/h4-7,15H,1-3H3,(H2,14,16,17,18). The average molecular weight is 286 g/mol. The summed E-state index contributed by atoms with van der Waals surface area (Å²) in [7, 11) is 2.95. The molecule has 1 aromatic rings. The lowest BCUT2D eigenvalue weighted by molar-refractivity contribution is -0.120. The van der Waals surface area contributed by atoms with Gasteiger partial charge in [-0.25, -0.2) is 4.79 Å². The van der Waals surface area contributed by atoms with Crippen molar-refractivity contribution in [1.29, 1.82) is 0 Å². The number of rotatable bonds is 4. The smallest absolute Gasteiger partial charge is 0.321 e. The molecular weight excluding hydrogens is 270 g/mol. The van der Waals surface area contributed by atoms with Crippen LogP contribution < -0.4 is 20.7 Å². The number of benzene rings is 1. The molecule has 19 heavy (non-hydrogen) atoms. The van der Waals surface area contributed by atoms with Crippen LogP contribution in [0.25, 0.3) is 0 Å². The van der Waals surface area contributed by atoms with Crippen molar-refractivity contribution in [3.05, 3.63) is 23.2 Å². The number of urea groups is 1. The predicted octanol–water partition coefficient (Wildman–Crippen LogP) is 1.60. The highest BCUT2D eigenvalue weighted by molar-refractivity contribution is 6.31. The number of carbonyl (C=O) groups is 2. The molecule has 1 unspecified atom stereocenters. The van der Waals surface area contributed by atoms with Gasteiger partial charge in [-0.15, -0.1) is 0 Å². The van der Waals surface area contributed by atoms with Crippen LogP contribution in [-0.2, 0) is 4.79 Å². The van der Waals surface area contributed by atoms with Gasteiger partial charge in [-0.3, -0.25) is 10.1 Å². The van der Waals surface area contributed by atoms with Gasteiger partial charge in [0.05, 0.1) is 12.8 Å². The largest absolute Gasteiger partial charge is 0.495 e. The summed E-state index contributed by atoms with van der Waals surface area (Å²) < 4.78 is 5.15. The minimum absolute atomic E-state index is 0.457. The van der Waals surface area contributed by atoms with Gasteiger partial charge < -0.3 is 15.4 Å². The van der Waals surface area contributed by atoms with Crippen LogP contribution >= 0.6 is 11.6 Å². The Labute approximate surface area is 116 Å². The summed E-state index contributed by atoms with van der Waals surface area (Å²) in [6.07, 6.45) is 0. The van der Waals surface area contributed by atoms with Crippen LogP contribution in [0.5, 0.6) is 5.75 Å². The van der Waals surface area contributed by atoms with Crippen LogP contribution in [0.1, 0.15) is 6.92 Å². The molecule has 0 saturated carbocycles. The molecule has 7 heteroatoms. The Kier molecular flexibility index (Phi) is 5.44. The Hall–Kier alpha value is -1.95. The zero-order chi connectivity index (χ0) is 14.4. The number of carbonyl (C=O) groups excluding carboxylic acids is 2. The van der Waals surface area contributed by atoms with Gasteiger partial charge in [-0.2, -0.15) is 0 Å². The number of methoxy groups -OCH3 is 1. The molecule has 6 nitrogen and oxygen atoms in total. The molecule has 0 saturated heterocycles. The van der Waals surface area contributed by atoms with Gasteiger partial charge in [0.2, 0.25) is 5.91 Å². The SMILES string of the molecule is CNC(=O)NC(=O)C(C)Nc1cc(Cl)ccc1OC. The third-order valence-corrected chi connectivity index (χ3v) is 2.63. The molecule has 0 bridgehead atoms. The van der Waals surface area contributed by atoms with E-state index in [4.69, 9.17) is 16.3 Å². The van der Waals surface area contributed by atoms with Crippen molar-refractivity contribution in [3.8, 4) is 5.75 Å². The number of amides is 3. The van der Waals surface area contributed by atoms with E-state index in [2.05, 4.69) is 16.0 Å². The Balaban J connectivity index is 2.76. The van der Waals surface area contributed by atoms with Crippen LogP contribution in [0.4, 0.5) is 10.5 Å². The highest BCUT2D eigenvalue weighted by atomic mass is 35.5. The van der Waals surface area contributed by atoms with E-state index in [1.165, 1.54) is 14.2 Å². The van der Waals surface area contributed by atoms with Crippen molar-refractivity contribution in [1.82, 2.24) is 10.6 Å². The second-order valence-electron chi connectivity index (χ2n) is 3.78. The van der Waals surface area contributed by atoms with Crippen molar-refractivity contribution < 1.29 is 14.3 Å². The Morgan fingerprint density at radius 2 is 2.05 bits per heavy atom. The normalized spacial score (nSPS) is 11.4. The number of hydrogen-bond donors (Lipinski definition) is 3. The van der Waals surface area contributed by atoms with Gasteiger partial charge >= 0.3 is 6.03 Å². The predicted molar refractivity (Wildman–Crippen MR) is 73.7 cm³/mol. The van der Waals surface area contributed by atoms with Gasteiger partial charge in [0.1, 0.15) is 11.8 Å². The molecule has 104 valence electrons. The molecule has 0 radical (unpaired) electrons. The van der Waals surface area contributed by atoms with E-state index in [-0.39, 0.29) is 0 Å². The van der Waals surface area contributed by atoms with E-state index in [0.717, 1.165) is 0 Å². The zero-order valence-electron chi connectivity index (χ0n) is 10.9. The lowest BCUT2D eigenvalue weighted by Crippen LogP contribution is -2.44. The molecule has 0 aromatic heterocycles. The number of nitrogens with one attached hydrogen (secondary N) is 3. The number of hydrogen-bond acceptors (Lipinski definition) is 4. The lowest BCUT2D eigenvalue weighted by atomic mass is 10.2. The highest BCUT2D eigenvalue weighted by Gasteiger charge is 2.16. The van der Waals surface area contributed by atoms with Crippen LogP contribution in [0.3, 0.4) is 0 Å². The number of halogens is 1.